The summed E-state index contributed by atoms with van der Waals surface area (Å²) < 4.78 is 1.70. The van der Waals surface area contributed by atoms with Gasteiger partial charge in [0, 0.05) is 23.9 Å². The molecule has 0 aliphatic carbocycles. The second-order valence-corrected chi connectivity index (χ2v) is 8.02. The van der Waals surface area contributed by atoms with Crippen LogP contribution in [0.2, 0.25) is 0 Å². The molecule has 0 bridgehead atoms. The number of carbonyl (C=O) groups is 3. The van der Waals surface area contributed by atoms with Crippen LogP contribution in [0.4, 0.5) is 0 Å². The number of unbranched alkanes of at least 4 members (excludes halogenated alkanes) is 4. The van der Waals surface area contributed by atoms with Gasteiger partial charge in [-0.05, 0) is 30.9 Å². The van der Waals surface area contributed by atoms with Crippen LogP contribution in [0.3, 0.4) is 0 Å². The van der Waals surface area contributed by atoms with Crippen molar-refractivity contribution < 1.29 is 24.6 Å². The number of nitrogens with zero attached hydrogens (tertiary/aromatic N) is 1. The second-order valence-electron chi connectivity index (χ2n) is 8.02. The molecule has 0 spiro atoms. The van der Waals surface area contributed by atoms with E-state index in [9.17, 15) is 19.5 Å². The van der Waals surface area contributed by atoms with Gasteiger partial charge in [-0.15, -0.1) is 0 Å². The molecule has 6 nitrogen and oxygen atoms in total. The minimum absolute atomic E-state index is 0.0364. The first-order valence-corrected chi connectivity index (χ1v) is 11.1. The van der Waals surface area contributed by atoms with Crippen LogP contribution in [-0.2, 0) is 17.8 Å². The van der Waals surface area contributed by atoms with Gasteiger partial charge >= 0.3 is 11.9 Å². The van der Waals surface area contributed by atoms with Crippen LogP contribution >= 0.6 is 0 Å². The molecule has 0 aliphatic rings. The van der Waals surface area contributed by atoms with Crippen molar-refractivity contribution >= 4 is 28.6 Å². The zero-order valence-electron chi connectivity index (χ0n) is 18.1. The number of fused-ring (bicyclic) bond motifs is 1. The first-order valence-electron chi connectivity index (χ1n) is 11.1. The molecule has 32 heavy (non-hydrogen) atoms. The molecular formula is C26H29NO5. The van der Waals surface area contributed by atoms with Crippen LogP contribution in [-0.4, -0.2) is 32.5 Å². The first-order chi connectivity index (χ1) is 15.5. The zero-order valence-corrected chi connectivity index (χ0v) is 18.1. The van der Waals surface area contributed by atoms with Crippen molar-refractivity contribution in [1.82, 2.24) is 4.57 Å². The molecule has 3 aromatic rings. The lowest BCUT2D eigenvalue weighted by Gasteiger charge is -2.09. The maximum atomic E-state index is 12.7. The van der Waals surface area contributed by atoms with Crippen LogP contribution in [0.5, 0.6) is 0 Å². The van der Waals surface area contributed by atoms with Gasteiger partial charge < -0.3 is 14.8 Å². The van der Waals surface area contributed by atoms with E-state index in [1.165, 1.54) is 5.56 Å². The topological polar surface area (TPSA) is 96.6 Å². The molecule has 0 saturated heterocycles. The van der Waals surface area contributed by atoms with E-state index in [2.05, 4.69) is 24.3 Å². The van der Waals surface area contributed by atoms with Crippen LogP contribution in [0.15, 0.2) is 54.6 Å². The number of aliphatic carboxylic acids is 1. The van der Waals surface area contributed by atoms with Crippen molar-refractivity contribution in [3.05, 3.63) is 71.4 Å². The summed E-state index contributed by atoms with van der Waals surface area (Å²) in [6.45, 7) is 0.507. The lowest BCUT2D eigenvalue weighted by Crippen LogP contribution is -2.14. The van der Waals surface area contributed by atoms with Crippen LogP contribution < -0.4 is 0 Å². The number of carboxylic acid groups (broad SMARTS) is 2. The lowest BCUT2D eigenvalue weighted by molar-refractivity contribution is -0.136. The van der Waals surface area contributed by atoms with Gasteiger partial charge in [-0.25, -0.2) is 4.79 Å². The van der Waals surface area contributed by atoms with E-state index < -0.39 is 17.7 Å². The summed E-state index contributed by atoms with van der Waals surface area (Å²) in [5.41, 5.74) is 2.13. The quantitative estimate of drug-likeness (QED) is 0.270. The number of carboxylic acids is 2. The lowest BCUT2D eigenvalue weighted by atomic mass is 10.0. The number of benzene rings is 2. The average molecular weight is 436 g/mol. The van der Waals surface area contributed by atoms with Crippen LogP contribution in [0.1, 0.15) is 71.4 Å². The molecule has 0 saturated carbocycles. The Labute approximate surface area is 187 Å². The van der Waals surface area contributed by atoms with Gasteiger partial charge in [0.1, 0.15) is 5.69 Å². The Balaban J connectivity index is 1.65. The fourth-order valence-electron chi connectivity index (χ4n) is 4.16. The standard InChI is InChI=1S/C26H29NO5/c28-22(16-17-23(29)30)24-20-14-8-9-15-21(20)27(25(24)26(31)32)18-10-3-1-2-5-11-19-12-6-4-7-13-19/h4,6-9,12-15H,1-3,5,10-11,16-18H2,(H,29,30)(H,31,32). The van der Waals surface area contributed by atoms with Crippen molar-refractivity contribution in [3.8, 4) is 0 Å². The summed E-state index contributed by atoms with van der Waals surface area (Å²) in [5.74, 6) is -2.69. The smallest absolute Gasteiger partial charge is 0.353 e. The molecule has 0 fully saturated rings. The van der Waals surface area contributed by atoms with Crippen molar-refractivity contribution in [2.24, 2.45) is 0 Å². The fourth-order valence-corrected chi connectivity index (χ4v) is 4.16. The molecule has 3 rings (SSSR count). The van der Waals surface area contributed by atoms with E-state index in [4.69, 9.17) is 5.11 Å². The molecule has 0 aliphatic heterocycles. The van der Waals surface area contributed by atoms with E-state index in [0.717, 1.165) is 38.5 Å². The maximum absolute atomic E-state index is 12.7. The van der Waals surface area contributed by atoms with Crippen molar-refractivity contribution in [3.63, 3.8) is 0 Å². The monoisotopic (exact) mass is 435 g/mol. The Morgan fingerprint density at radius 1 is 0.750 bits per heavy atom. The minimum atomic E-state index is -1.16. The second kappa shape index (κ2) is 11.3. The van der Waals surface area contributed by atoms with E-state index in [-0.39, 0.29) is 24.1 Å². The zero-order chi connectivity index (χ0) is 22.9. The van der Waals surface area contributed by atoms with Gasteiger partial charge in [-0.3, -0.25) is 9.59 Å². The minimum Gasteiger partial charge on any atom is -0.481 e. The maximum Gasteiger partial charge on any atom is 0.353 e. The van der Waals surface area contributed by atoms with Gasteiger partial charge in [0.15, 0.2) is 5.78 Å². The van der Waals surface area contributed by atoms with Crippen LogP contribution in [0, 0.1) is 0 Å². The molecule has 0 amide bonds. The third-order valence-corrected chi connectivity index (χ3v) is 5.71. The number of para-hydroxylation sites is 1. The Morgan fingerprint density at radius 3 is 2.12 bits per heavy atom. The highest BCUT2D eigenvalue weighted by molar-refractivity contribution is 6.15. The largest absolute Gasteiger partial charge is 0.481 e. The number of hydrogen-bond donors (Lipinski definition) is 2. The summed E-state index contributed by atoms with van der Waals surface area (Å²) in [6.07, 6.45) is 5.62. The molecule has 1 aromatic heterocycles. The van der Waals surface area contributed by atoms with Gasteiger partial charge in [0.2, 0.25) is 0 Å². The van der Waals surface area contributed by atoms with Crippen molar-refractivity contribution in [2.75, 3.05) is 0 Å². The Morgan fingerprint density at radius 2 is 1.41 bits per heavy atom. The summed E-state index contributed by atoms with van der Waals surface area (Å²) in [4.78, 5) is 35.7. The number of Topliss-reactive ketones (excluding diaryl/α,β-unsaturated/α-hetero) is 1. The predicted molar refractivity (Wildman–Crippen MR) is 123 cm³/mol. The van der Waals surface area contributed by atoms with E-state index in [0.29, 0.717) is 17.4 Å². The normalized spacial score (nSPS) is 11.0. The highest BCUT2D eigenvalue weighted by Crippen LogP contribution is 2.29. The number of carbonyl (C=O) groups excluding carboxylic acids is 1. The number of aromatic nitrogens is 1. The third kappa shape index (κ3) is 5.84. The van der Waals surface area contributed by atoms with E-state index in [1.54, 1.807) is 16.7 Å². The molecule has 1 heterocycles. The SMILES string of the molecule is O=C(O)CCC(=O)c1c(C(=O)O)n(CCCCCCCc2ccccc2)c2ccccc12. The van der Waals surface area contributed by atoms with Gasteiger partial charge in [-0.1, -0.05) is 67.8 Å². The molecule has 168 valence electrons. The number of aromatic carboxylic acids is 1. The van der Waals surface area contributed by atoms with Crippen molar-refractivity contribution in [2.45, 2.75) is 57.9 Å². The third-order valence-electron chi connectivity index (χ3n) is 5.71. The van der Waals surface area contributed by atoms with Crippen LogP contribution in [0.25, 0.3) is 10.9 Å². The molecule has 6 heteroatoms. The first kappa shape index (κ1) is 23.3. The summed E-state index contributed by atoms with van der Waals surface area (Å²) in [5, 5.41) is 19.3. The summed E-state index contributed by atoms with van der Waals surface area (Å²) in [6, 6.07) is 17.5. The number of rotatable bonds is 13. The number of hydrogen-bond acceptors (Lipinski definition) is 3. The van der Waals surface area contributed by atoms with Crippen molar-refractivity contribution in [1.29, 1.82) is 0 Å². The highest BCUT2D eigenvalue weighted by atomic mass is 16.4. The Kier molecular flexibility index (Phi) is 8.20. The Bertz CT molecular complexity index is 1080. The molecule has 2 N–H and O–H groups in total. The average Bonchev–Trinajstić information content (AvgIpc) is 3.12. The molecular weight excluding hydrogens is 406 g/mol. The molecule has 2 aromatic carbocycles. The summed E-state index contributed by atoms with van der Waals surface area (Å²) >= 11 is 0. The fraction of sp³-hybridized carbons (Fsp3) is 0.346. The highest BCUT2D eigenvalue weighted by Gasteiger charge is 2.26. The molecule has 0 atom stereocenters. The number of ketones is 1. The number of aryl methyl sites for hydroxylation is 2. The van der Waals surface area contributed by atoms with Gasteiger partial charge in [0.05, 0.1) is 12.0 Å². The van der Waals surface area contributed by atoms with E-state index in [1.807, 2.05) is 18.2 Å². The molecule has 0 radical (unpaired) electrons. The Hall–Kier alpha value is -3.41. The van der Waals surface area contributed by atoms with Gasteiger partial charge in [0.25, 0.3) is 0 Å². The summed E-state index contributed by atoms with van der Waals surface area (Å²) in [7, 11) is 0. The van der Waals surface area contributed by atoms with E-state index >= 15 is 0 Å². The van der Waals surface area contributed by atoms with Gasteiger partial charge in [-0.2, -0.15) is 0 Å². The molecule has 0 unspecified atom stereocenters. The predicted octanol–water partition coefficient (Wildman–Crippen LogP) is 5.58.